The first-order valence-electron chi connectivity index (χ1n) is 9.53. The first kappa shape index (κ1) is 19.0. The molecule has 26 heavy (non-hydrogen) atoms. The number of halogens is 1. The van der Waals surface area contributed by atoms with Crippen molar-refractivity contribution in [2.24, 2.45) is 17.8 Å². The Bertz CT molecular complexity index is 703. The van der Waals surface area contributed by atoms with E-state index in [9.17, 15) is 9.59 Å². The van der Waals surface area contributed by atoms with Crippen LogP contribution in [-0.4, -0.2) is 23.9 Å². The molecule has 4 nitrogen and oxygen atoms in total. The second-order valence-electron chi connectivity index (χ2n) is 7.53. The number of hydrogen-bond acceptors (Lipinski definition) is 2. The van der Waals surface area contributed by atoms with E-state index >= 15 is 0 Å². The van der Waals surface area contributed by atoms with E-state index in [-0.39, 0.29) is 29.8 Å². The Morgan fingerprint density at radius 3 is 2.85 bits per heavy atom. The molecule has 2 N–H and O–H groups in total. The van der Waals surface area contributed by atoms with Crippen LogP contribution in [0.5, 0.6) is 0 Å². The van der Waals surface area contributed by atoms with Crippen molar-refractivity contribution in [1.29, 1.82) is 0 Å². The summed E-state index contributed by atoms with van der Waals surface area (Å²) in [7, 11) is 0. The molecule has 1 aliphatic heterocycles. The number of carbonyl (C=O) groups is 2. The molecule has 5 heteroatoms. The van der Waals surface area contributed by atoms with Crippen molar-refractivity contribution in [2.75, 3.05) is 0 Å². The standard InChI is InChI=1S/C21H27ClN2O2/c1-3-16-13(2)17-10-9-15(12-19(17)24-21(16)26)23-20(25)11-8-14-6-4-5-7-18(14)22/h4-8,11,13,15-17,19H,3,9-10,12H2,1-2H3,(H,23,25)(H,24,26)/b11-8+. The zero-order valence-corrected chi connectivity index (χ0v) is 16.1. The first-order valence-corrected chi connectivity index (χ1v) is 9.90. The molecule has 1 saturated carbocycles. The molecular formula is C21H27ClN2O2. The van der Waals surface area contributed by atoms with Gasteiger partial charge in [-0.3, -0.25) is 9.59 Å². The molecule has 0 spiro atoms. The number of nitrogens with one attached hydrogen (secondary N) is 2. The van der Waals surface area contributed by atoms with Gasteiger partial charge in [-0.05, 0) is 55.2 Å². The van der Waals surface area contributed by atoms with Gasteiger partial charge in [0.2, 0.25) is 11.8 Å². The van der Waals surface area contributed by atoms with Crippen LogP contribution < -0.4 is 10.6 Å². The quantitative estimate of drug-likeness (QED) is 0.787. The minimum Gasteiger partial charge on any atom is -0.353 e. The maximum atomic E-state index is 12.3. The van der Waals surface area contributed by atoms with Gasteiger partial charge in [0.1, 0.15) is 0 Å². The summed E-state index contributed by atoms with van der Waals surface area (Å²) in [6, 6.07) is 7.71. The molecule has 1 aromatic carbocycles. The number of amides is 2. The average molecular weight is 375 g/mol. The van der Waals surface area contributed by atoms with E-state index < -0.39 is 0 Å². The summed E-state index contributed by atoms with van der Waals surface area (Å²) in [5.74, 6) is 1.11. The molecule has 0 radical (unpaired) electrons. The largest absolute Gasteiger partial charge is 0.353 e. The third-order valence-electron chi connectivity index (χ3n) is 5.98. The van der Waals surface area contributed by atoms with Gasteiger partial charge in [0.25, 0.3) is 0 Å². The van der Waals surface area contributed by atoms with Gasteiger partial charge in [-0.1, -0.05) is 43.6 Å². The summed E-state index contributed by atoms with van der Waals surface area (Å²) in [6.45, 7) is 4.29. The molecule has 1 heterocycles. The predicted molar refractivity (Wildman–Crippen MR) is 105 cm³/mol. The van der Waals surface area contributed by atoms with Crippen LogP contribution >= 0.6 is 11.6 Å². The lowest BCUT2D eigenvalue weighted by atomic mass is 9.67. The fourth-order valence-corrected chi connectivity index (χ4v) is 4.73. The highest BCUT2D eigenvalue weighted by atomic mass is 35.5. The molecule has 5 atom stereocenters. The Labute approximate surface area is 160 Å². The van der Waals surface area contributed by atoms with Gasteiger partial charge >= 0.3 is 0 Å². The number of carbonyl (C=O) groups excluding carboxylic acids is 2. The van der Waals surface area contributed by atoms with E-state index in [0.29, 0.717) is 16.9 Å². The van der Waals surface area contributed by atoms with Gasteiger partial charge in [-0.2, -0.15) is 0 Å². The van der Waals surface area contributed by atoms with Crippen LogP contribution in [0.1, 0.15) is 45.1 Å². The van der Waals surface area contributed by atoms with E-state index in [1.54, 1.807) is 12.1 Å². The van der Waals surface area contributed by atoms with Crippen molar-refractivity contribution in [3.05, 3.63) is 40.9 Å². The van der Waals surface area contributed by atoms with E-state index in [1.165, 1.54) is 6.08 Å². The topological polar surface area (TPSA) is 58.2 Å². The molecule has 5 unspecified atom stereocenters. The summed E-state index contributed by atoms with van der Waals surface area (Å²) >= 11 is 6.10. The molecular weight excluding hydrogens is 348 g/mol. The van der Waals surface area contributed by atoms with Crippen LogP contribution in [0.4, 0.5) is 0 Å². The normalized spacial score (nSPS) is 31.3. The average Bonchev–Trinajstić information content (AvgIpc) is 2.61. The Hall–Kier alpha value is -1.81. The SMILES string of the molecule is CCC1C(=O)NC2CC(NC(=O)/C=C/c3ccccc3Cl)CCC2C1C. The minimum absolute atomic E-state index is 0.102. The molecule has 2 fully saturated rings. The predicted octanol–water partition coefficient (Wildman–Crippen LogP) is 3.80. The highest BCUT2D eigenvalue weighted by Crippen LogP contribution is 2.38. The fourth-order valence-electron chi connectivity index (χ4n) is 4.53. The van der Waals surface area contributed by atoms with Crippen LogP contribution in [0.15, 0.2) is 30.3 Å². The molecule has 140 valence electrons. The Morgan fingerprint density at radius 2 is 2.12 bits per heavy atom. The summed E-state index contributed by atoms with van der Waals surface area (Å²) < 4.78 is 0. The van der Waals surface area contributed by atoms with Crippen molar-refractivity contribution in [1.82, 2.24) is 10.6 Å². The van der Waals surface area contributed by atoms with Crippen molar-refractivity contribution in [3.8, 4) is 0 Å². The van der Waals surface area contributed by atoms with Gasteiger partial charge in [0.05, 0.1) is 0 Å². The van der Waals surface area contributed by atoms with Crippen molar-refractivity contribution in [2.45, 2.75) is 51.6 Å². The number of rotatable bonds is 4. The van der Waals surface area contributed by atoms with Gasteiger partial charge in [0, 0.05) is 29.1 Å². The maximum absolute atomic E-state index is 12.3. The van der Waals surface area contributed by atoms with Crippen LogP contribution in [0.25, 0.3) is 6.08 Å². The van der Waals surface area contributed by atoms with Gasteiger partial charge in [0.15, 0.2) is 0 Å². The summed E-state index contributed by atoms with van der Waals surface area (Å²) in [6.07, 6.45) is 6.97. The molecule has 2 amide bonds. The molecule has 3 rings (SSSR count). The number of piperidine rings is 1. The number of benzene rings is 1. The van der Waals surface area contributed by atoms with E-state index in [0.717, 1.165) is 31.2 Å². The molecule has 1 aromatic rings. The molecule has 0 bridgehead atoms. The fraction of sp³-hybridized carbons (Fsp3) is 0.524. The monoisotopic (exact) mass is 374 g/mol. The Kier molecular flexibility index (Phi) is 6.02. The Balaban J connectivity index is 1.57. The first-order chi connectivity index (χ1) is 12.5. The second kappa shape index (κ2) is 8.26. The summed E-state index contributed by atoms with van der Waals surface area (Å²) in [4.78, 5) is 24.5. The molecule has 1 saturated heterocycles. The van der Waals surface area contributed by atoms with E-state index in [4.69, 9.17) is 11.6 Å². The van der Waals surface area contributed by atoms with Crippen molar-refractivity contribution in [3.63, 3.8) is 0 Å². The van der Waals surface area contributed by atoms with Crippen LogP contribution in [0.3, 0.4) is 0 Å². The highest BCUT2D eigenvalue weighted by molar-refractivity contribution is 6.32. The zero-order chi connectivity index (χ0) is 18.7. The number of fused-ring (bicyclic) bond motifs is 1. The smallest absolute Gasteiger partial charge is 0.244 e. The molecule has 0 aromatic heterocycles. The molecule has 2 aliphatic rings. The Morgan fingerprint density at radius 1 is 1.35 bits per heavy atom. The summed E-state index contributed by atoms with van der Waals surface area (Å²) in [5, 5.41) is 6.90. The summed E-state index contributed by atoms with van der Waals surface area (Å²) in [5.41, 5.74) is 0.826. The van der Waals surface area contributed by atoms with Gasteiger partial charge in [-0.15, -0.1) is 0 Å². The lowest BCUT2D eigenvalue weighted by Gasteiger charge is -2.46. The van der Waals surface area contributed by atoms with Crippen LogP contribution in [0, 0.1) is 17.8 Å². The number of hydrogen-bond donors (Lipinski definition) is 2. The maximum Gasteiger partial charge on any atom is 0.244 e. The van der Waals surface area contributed by atoms with Crippen LogP contribution in [-0.2, 0) is 9.59 Å². The van der Waals surface area contributed by atoms with Gasteiger partial charge in [-0.25, -0.2) is 0 Å². The van der Waals surface area contributed by atoms with Crippen molar-refractivity contribution >= 4 is 29.5 Å². The van der Waals surface area contributed by atoms with E-state index in [1.807, 2.05) is 18.2 Å². The third-order valence-corrected chi connectivity index (χ3v) is 6.33. The third kappa shape index (κ3) is 4.12. The van der Waals surface area contributed by atoms with Gasteiger partial charge < -0.3 is 10.6 Å². The lowest BCUT2D eigenvalue weighted by molar-refractivity contribution is -0.133. The van der Waals surface area contributed by atoms with Crippen molar-refractivity contribution < 1.29 is 9.59 Å². The highest BCUT2D eigenvalue weighted by Gasteiger charge is 2.43. The second-order valence-corrected chi connectivity index (χ2v) is 7.93. The van der Waals surface area contributed by atoms with Crippen LogP contribution in [0.2, 0.25) is 5.02 Å². The minimum atomic E-state index is -0.116. The lowest BCUT2D eigenvalue weighted by Crippen LogP contribution is -2.58. The molecule has 1 aliphatic carbocycles. The zero-order valence-electron chi connectivity index (χ0n) is 15.4. The van der Waals surface area contributed by atoms with E-state index in [2.05, 4.69) is 24.5 Å².